The molecule has 4 heteroatoms. The van der Waals surface area contributed by atoms with Crippen molar-refractivity contribution in [1.82, 2.24) is 15.1 Å². The largest absolute Gasteiger partial charge is 0.314 e. The number of hydrogen-bond donors (Lipinski definition) is 1. The number of nitrogens with zero attached hydrogens (tertiary/aromatic N) is 2. The van der Waals surface area contributed by atoms with E-state index >= 15 is 0 Å². The van der Waals surface area contributed by atoms with Crippen LogP contribution in [0.3, 0.4) is 0 Å². The highest BCUT2D eigenvalue weighted by atomic mass is 35.5. The van der Waals surface area contributed by atoms with E-state index in [0.29, 0.717) is 0 Å². The lowest BCUT2D eigenvalue weighted by Gasteiger charge is -2.09. The molecule has 14 heavy (non-hydrogen) atoms. The quantitative estimate of drug-likeness (QED) is 0.830. The van der Waals surface area contributed by atoms with Gasteiger partial charge in [-0.1, -0.05) is 11.6 Å². The van der Waals surface area contributed by atoms with Crippen LogP contribution in [-0.4, -0.2) is 22.4 Å². The molecule has 2 rings (SSSR count). The molecule has 0 aliphatic carbocycles. The molecule has 0 saturated carbocycles. The van der Waals surface area contributed by atoms with Gasteiger partial charge in [-0.2, -0.15) is 5.10 Å². The highest BCUT2D eigenvalue weighted by Gasteiger charge is 2.12. The van der Waals surface area contributed by atoms with Crippen LogP contribution < -0.4 is 5.32 Å². The molecular weight excluding hydrogens is 198 g/mol. The Hall–Kier alpha value is -0.540. The summed E-state index contributed by atoms with van der Waals surface area (Å²) >= 11 is 5.77. The number of rotatable bonds is 4. The summed E-state index contributed by atoms with van der Waals surface area (Å²) in [7, 11) is 0. The van der Waals surface area contributed by atoms with Gasteiger partial charge in [0.25, 0.3) is 0 Å². The van der Waals surface area contributed by atoms with E-state index in [1.807, 2.05) is 10.9 Å². The van der Waals surface area contributed by atoms with Crippen LogP contribution in [0.15, 0.2) is 12.4 Å². The maximum atomic E-state index is 5.77. The van der Waals surface area contributed by atoms with Gasteiger partial charge in [0.2, 0.25) is 0 Å². The molecule has 0 amide bonds. The summed E-state index contributed by atoms with van der Waals surface area (Å²) in [5.41, 5.74) is 0. The zero-order valence-corrected chi connectivity index (χ0v) is 9.00. The summed E-state index contributed by atoms with van der Waals surface area (Å²) in [6.07, 6.45) is 8.66. The number of aryl methyl sites for hydroxylation is 1. The molecule has 1 aliphatic rings. The van der Waals surface area contributed by atoms with E-state index in [4.69, 9.17) is 11.6 Å². The first-order valence-electron chi connectivity index (χ1n) is 5.26. The molecule has 0 spiro atoms. The van der Waals surface area contributed by atoms with Crippen LogP contribution in [0.2, 0.25) is 5.02 Å². The second kappa shape index (κ2) is 4.80. The average Bonchev–Trinajstić information content (AvgIpc) is 2.77. The normalized spacial score (nSPS) is 21.6. The van der Waals surface area contributed by atoms with Gasteiger partial charge in [0, 0.05) is 18.8 Å². The van der Waals surface area contributed by atoms with Crippen LogP contribution in [0, 0.1) is 0 Å². The Morgan fingerprint density at radius 3 is 3.21 bits per heavy atom. The lowest BCUT2D eigenvalue weighted by Crippen LogP contribution is -2.21. The van der Waals surface area contributed by atoms with Crippen LogP contribution in [0.4, 0.5) is 0 Å². The van der Waals surface area contributed by atoms with Crippen molar-refractivity contribution in [2.24, 2.45) is 0 Å². The molecule has 1 aromatic rings. The third-order valence-electron chi connectivity index (χ3n) is 2.70. The van der Waals surface area contributed by atoms with Gasteiger partial charge >= 0.3 is 0 Å². The molecule has 0 radical (unpaired) electrons. The van der Waals surface area contributed by atoms with Gasteiger partial charge in [-0.15, -0.1) is 0 Å². The Morgan fingerprint density at radius 1 is 1.64 bits per heavy atom. The van der Waals surface area contributed by atoms with E-state index in [1.54, 1.807) is 6.20 Å². The fraction of sp³-hybridized carbons (Fsp3) is 0.700. The second-order valence-electron chi connectivity index (χ2n) is 3.86. The van der Waals surface area contributed by atoms with Gasteiger partial charge in [0.15, 0.2) is 0 Å². The Balaban J connectivity index is 1.67. The molecule has 3 nitrogen and oxygen atoms in total. The number of hydrogen-bond acceptors (Lipinski definition) is 2. The van der Waals surface area contributed by atoms with Crippen LogP contribution in [0.25, 0.3) is 0 Å². The third kappa shape index (κ3) is 2.72. The molecule has 1 fully saturated rings. The standard InChI is InChI=1S/C10H16ClN3/c11-9-7-13-14(8-9)6-2-4-10-3-1-5-12-10/h7-8,10,12H,1-6H2. The molecule has 2 heterocycles. The molecule has 1 atom stereocenters. The third-order valence-corrected chi connectivity index (χ3v) is 2.90. The minimum Gasteiger partial charge on any atom is -0.314 e. The van der Waals surface area contributed by atoms with Crippen molar-refractivity contribution in [1.29, 1.82) is 0 Å². The Bertz CT molecular complexity index is 279. The number of nitrogens with one attached hydrogen (secondary N) is 1. The Kier molecular flexibility index (Phi) is 3.43. The predicted molar refractivity (Wildman–Crippen MR) is 57.5 cm³/mol. The van der Waals surface area contributed by atoms with E-state index in [-0.39, 0.29) is 0 Å². The monoisotopic (exact) mass is 213 g/mol. The first kappa shape index (κ1) is 9.99. The summed E-state index contributed by atoms with van der Waals surface area (Å²) in [5, 5.41) is 8.36. The van der Waals surface area contributed by atoms with E-state index in [9.17, 15) is 0 Å². The average molecular weight is 214 g/mol. The molecule has 1 N–H and O–H groups in total. The first-order chi connectivity index (χ1) is 6.84. The lowest BCUT2D eigenvalue weighted by atomic mass is 10.1. The zero-order chi connectivity index (χ0) is 9.80. The fourth-order valence-electron chi connectivity index (χ4n) is 1.96. The summed E-state index contributed by atoms with van der Waals surface area (Å²) in [4.78, 5) is 0. The zero-order valence-electron chi connectivity index (χ0n) is 8.25. The van der Waals surface area contributed by atoms with Crippen LogP contribution >= 0.6 is 11.6 Å². The van der Waals surface area contributed by atoms with E-state index in [2.05, 4.69) is 10.4 Å². The molecule has 78 valence electrons. The topological polar surface area (TPSA) is 29.9 Å². The Morgan fingerprint density at radius 2 is 2.57 bits per heavy atom. The van der Waals surface area contributed by atoms with Crippen molar-refractivity contribution < 1.29 is 0 Å². The van der Waals surface area contributed by atoms with Crippen LogP contribution in [0.1, 0.15) is 25.7 Å². The maximum Gasteiger partial charge on any atom is 0.0785 e. The molecule has 0 aromatic carbocycles. The molecular formula is C10H16ClN3. The van der Waals surface area contributed by atoms with Gasteiger partial charge in [-0.3, -0.25) is 4.68 Å². The summed E-state index contributed by atoms with van der Waals surface area (Å²) < 4.78 is 1.91. The maximum absolute atomic E-state index is 5.77. The van der Waals surface area contributed by atoms with Gasteiger partial charge in [-0.05, 0) is 32.2 Å². The highest BCUT2D eigenvalue weighted by Crippen LogP contribution is 2.12. The van der Waals surface area contributed by atoms with Gasteiger partial charge in [0.05, 0.1) is 11.2 Å². The van der Waals surface area contributed by atoms with Crippen molar-refractivity contribution in [2.75, 3.05) is 6.54 Å². The number of aromatic nitrogens is 2. The van der Waals surface area contributed by atoms with Crippen molar-refractivity contribution in [3.05, 3.63) is 17.4 Å². The van der Waals surface area contributed by atoms with E-state index < -0.39 is 0 Å². The van der Waals surface area contributed by atoms with Gasteiger partial charge in [-0.25, -0.2) is 0 Å². The van der Waals surface area contributed by atoms with Crippen LogP contribution in [0.5, 0.6) is 0 Å². The predicted octanol–water partition coefficient (Wildman–Crippen LogP) is 2.07. The van der Waals surface area contributed by atoms with Gasteiger partial charge < -0.3 is 5.32 Å². The lowest BCUT2D eigenvalue weighted by molar-refractivity contribution is 0.484. The summed E-state index contributed by atoms with van der Waals surface area (Å²) in [5.74, 6) is 0. The molecule has 1 aromatic heterocycles. The second-order valence-corrected chi connectivity index (χ2v) is 4.29. The van der Waals surface area contributed by atoms with E-state index in [1.165, 1.54) is 32.2 Å². The molecule has 0 bridgehead atoms. The van der Waals surface area contributed by atoms with Gasteiger partial charge in [0.1, 0.15) is 0 Å². The summed E-state index contributed by atoms with van der Waals surface area (Å²) in [6.45, 7) is 2.17. The SMILES string of the molecule is Clc1cnn(CCCC2CCCN2)c1. The van der Waals surface area contributed by atoms with Crippen LogP contribution in [-0.2, 0) is 6.54 Å². The summed E-state index contributed by atoms with van der Waals surface area (Å²) in [6, 6.07) is 0.737. The minimum atomic E-state index is 0.726. The van der Waals surface area contributed by atoms with Crippen molar-refractivity contribution >= 4 is 11.6 Å². The first-order valence-corrected chi connectivity index (χ1v) is 5.64. The minimum absolute atomic E-state index is 0.726. The Labute approximate surface area is 89.4 Å². The van der Waals surface area contributed by atoms with Crippen molar-refractivity contribution in [2.45, 2.75) is 38.3 Å². The smallest absolute Gasteiger partial charge is 0.0785 e. The molecule has 1 unspecified atom stereocenters. The highest BCUT2D eigenvalue weighted by molar-refractivity contribution is 6.30. The van der Waals surface area contributed by atoms with Crippen molar-refractivity contribution in [3.63, 3.8) is 0 Å². The van der Waals surface area contributed by atoms with Crippen molar-refractivity contribution in [3.8, 4) is 0 Å². The number of halogens is 1. The molecule has 1 saturated heterocycles. The molecule has 1 aliphatic heterocycles. The fourth-order valence-corrected chi connectivity index (χ4v) is 2.12. The van der Waals surface area contributed by atoms with E-state index in [0.717, 1.165) is 17.6 Å².